The van der Waals surface area contributed by atoms with Gasteiger partial charge in [-0.25, -0.2) is 0 Å². The van der Waals surface area contributed by atoms with Crippen LogP contribution in [-0.4, -0.2) is 23.1 Å². The summed E-state index contributed by atoms with van der Waals surface area (Å²) in [6.07, 6.45) is 5.95. The molecule has 0 amide bonds. The third-order valence-electron chi connectivity index (χ3n) is 3.74. The van der Waals surface area contributed by atoms with Gasteiger partial charge in [-0.05, 0) is 55.8 Å². The highest BCUT2D eigenvalue weighted by Gasteiger charge is 1.97. The van der Waals surface area contributed by atoms with Crippen molar-refractivity contribution in [2.45, 2.75) is 19.4 Å². The van der Waals surface area contributed by atoms with E-state index in [0.717, 1.165) is 49.4 Å². The number of aromatic nitrogens is 2. The highest BCUT2D eigenvalue weighted by Crippen LogP contribution is 2.16. The summed E-state index contributed by atoms with van der Waals surface area (Å²) in [5.41, 5.74) is 3.29. The summed E-state index contributed by atoms with van der Waals surface area (Å²) >= 11 is 0. The average molecular weight is 306 g/mol. The second-order valence-corrected chi connectivity index (χ2v) is 5.54. The Morgan fingerprint density at radius 1 is 0.826 bits per heavy atom. The number of nitrogens with one attached hydrogen (secondary N) is 2. The Bertz CT molecular complexity index is 728. The predicted molar refractivity (Wildman–Crippen MR) is 95.4 cm³/mol. The number of nitrogens with zero attached hydrogens (tertiary/aromatic N) is 2. The Kier molecular flexibility index (Phi) is 5.53. The van der Waals surface area contributed by atoms with E-state index in [9.17, 15) is 0 Å². The number of unbranched alkanes of at least 4 members (excludes halogenated alkanes) is 1. The summed E-state index contributed by atoms with van der Waals surface area (Å²) in [4.78, 5) is 8.63. The summed E-state index contributed by atoms with van der Waals surface area (Å²) < 4.78 is 0. The van der Waals surface area contributed by atoms with Gasteiger partial charge in [-0.2, -0.15) is 0 Å². The molecule has 0 aliphatic rings. The Morgan fingerprint density at radius 2 is 1.74 bits per heavy atom. The van der Waals surface area contributed by atoms with Gasteiger partial charge in [0, 0.05) is 36.6 Å². The van der Waals surface area contributed by atoms with Crippen LogP contribution in [0, 0.1) is 0 Å². The normalized spacial score (nSPS) is 10.8. The molecule has 0 atom stereocenters. The standard InChI is InChI=1S/C19H22N4/c1-2-11-22-18(7-1)15-20-10-3-4-12-21-17-8-9-19-16(14-17)6-5-13-23-19/h1-2,5-9,11,13-14,20-21H,3-4,10,12,15H2. The maximum Gasteiger partial charge on any atom is 0.0703 e. The lowest BCUT2D eigenvalue weighted by Crippen LogP contribution is -2.16. The van der Waals surface area contributed by atoms with E-state index in [2.05, 4.69) is 44.9 Å². The van der Waals surface area contributed by atoms with Crippen molar-refractivity contribution in [2.75, 3.05) is 18.4 Å². The zero-order valence-corrected chi connectivity index (χ0v) is 13.2. The van der Waals surface area contributed by atoms with Crippen LogP contribution in [0.5, 0.6) is 0 Å². The second-order valence-electron chi connectivity index (χ2n) is 5.54. The van der Waals surface area contributed by atoms with Crippen molar-refractivity contribution in [3.8, 4) is 0 Å². The smallest absolute Gasteiger partial charge is 0.0703 e. The first-order valence-corrected chi connectivity index (χ1v) is 8.11. The fourth-order valence-electron chi connectivity index (χ4n) is 2.51. The molecule has 3 aromatic rings. The summed E-state index contributed by atoms with van der Waals surface area (Å²) in [5.74, 6) is 0. The lowest BCUT2D eigenvalue weighted by molar-refractivity contribution is 0.626. The van der Waals surface area contributed by atoms with Crippen molar-refractivity contribution in [1.82, 2.24) is 15.3 Å². The van der Waals surface area contributed by atoms with Crippen molar-refractivity contribution < 1.29 is 0 Å². The first-order chi connectivity index (χ1) is 11.4. The van der Waals surface area contributed by atoms with E-state index in [1.54, 1.807) is 0 Å². The number of hydrogen-bond acceptors (Lipinski definition) is 4. The molecule has 3 rings (SSSR count). The van der Waals surface area contributed by atoms with Gasteiger partial charge < -0.3 is 10.6 Å². The molecule has 4 heteroatoms. The van der Waals surface area contributed by atoms with Crippen LogP contribution in [0.3, 0.4) is 0 Å². The minimum atomic E-state index is 0.839. The van der Waals surface area contributed by atoms with Gasteiger partial charge in [-0.1, -0.05) is 12.1 Å². The molecule has 0 aliphatic carbocycles. The predicted octanol–water partition coefficient (Wildman–Crippen LogP) is 3.61. The Labute approximate surface area is 137 Å². The number of hydrogen-bond donors (Lipinski definition) is 2. The minimum absolute atomic E-state index is 0.839. The van der Waals surface area contributed by atoms with Gasteiger partial charge in [0.2, 0.25) is 0 Å². The van der Waals surface area contributed by atoms with Gasteiger partial charge in [0.15, 0.2) is 0 Å². The van der Waals surface area contributed by atoms with Gasteiger partial charge in [-0.15, -0.1) is 0 Å². The van der Waals surface area contributed by atoms with Crippen LogP contribution in [0.25, 0.3) is 10.9 Å². The van der Waals surface area contributed by atoms with Crippen molar-refractivity contribution in [3.63, 3.8) is 0 Å². The van der Waals surface area contributed by atoms with Gasteiger partial charge in [-0.3, -0.25) is 9.97 Å². The van der Waals surface area contributed by atoms with Crippen LogP contribution in [0.15, 0.2) is 60.9 Å². The number of pyridine rings is 2. The Balaban J connectivity index is 1.33. The third kappa shape index (κ3) is 4.76. The van der Waals surface area contributed by atoms with E-state index < -0.39 is 0 Å². The topological polar surface area (TPSA) is 49.8 Å². The fourth-order valence-corrected chi connectivity index (χ4v) is 2.51. The van der Waals surface area contributed by atoms with Crippen LogP contribution in [0.1, 0.15) is 18.5 Å². The van der Waals surface area contributed by atoms with Gasteiger partial charge in [0.25, 0.3) is 0 Å². The van der Waals surface area contributed by atoms with E-state index in [1.807, 2.05) is 36.7 Å². The first kappa shape index (κ1) is 15.4. The van der Waals surface area contributed by atoms with Crippen LogP contribution in [0.4, 0.5) is 5.69 Å². The molecule has 0 saturated carbocycles. The van der Waals surface area contributed by atoms with E-state index in [-0.39, 0.29) is 0 Å². The first-order valence-electron chi connectivity index (χ1n) is 8.11. The fraction of sp³-hybridized carbons (Fsp3) is 0.263. The van der Waals surface area contributed by atoms with Crippen LogP contribution >= 0.6 is 0 Å². The molecule has 0 saturated heterocycles. The lowest BCUT2D eigenvalue weighted by Gasteiger charge is -2.08. The Morgan fingerprint density at radius 3 is 2.65 bits per heavy atom. The molecule has 0 fully saturated rings. The molecule has 0 spiro atoms. The highest BCUT2D eigenvalue weighted by atomic mass is 14.9. The minimum Gasteiger partial charge on any atom is -0.385 e. The number of fused-ring (bicyclic) bond motifs is 1. The molecule has 4 nitrogen and oxygen atoms in total. The molecular formula is C19H22N4. The largest absolute Gasteiger partial charge is 0.385 e. The van der Waals surface area contributed by atoms with Gasteiger partial charge >= 0.3 is 0 Å². The molecule has 0 radical (unpaired) electrons. The van der Waals surface area contributed by atoms with Crippen LogP contribution < -0.4 is 10.6 Å². The quantitative estimate of drug-likeness (QED) is 0.624. The van der Waals surface area contributed by atoms with E-state index in [4.69, 9.17) is 0 Å². The van der Waals surface area contributed by atoms with E-state index >= 15 is 0 Å². The average Bonchev–Trinajstić information content (AvgIpc) is 2.61. The summed E-state index contributed by atoms with van der Waals surface area (Å²) in [5, 5.41) is 8.08. The molecule has 0 bridgehead atoms. The molecule has 2 heterocycles. The van der Waals surface area contributed by atoms with Crippen molar-refractivity contribution in [2.24, 2.45) is 0 Å². The Hall–Kier alpha value is -2.46. The summed E-state index contributed by atoms with van der Waals surface area (Å²) in [7, 11) is 0. The number of anilines is 1. The van der Waals surface area contributed by atoms with Crippen molar-refractivity contribution in [3.05, 3.63) is 66.6 Å². The zero-order valence-electron chi connectivity index (χ0n) is 13.2. The molecule has 0 unspecified atom stereocenters. The molecular weight excluding hydrogens is 284 g/mol. The third-order valence-corrected chi connectivity index (χ3v) is 3.74. The number of benzene rings is 1. The van der Waals surface area contributed by atoms with Crippen molar-refractivity contribution in [1.29, 1.82) is 0 Å². The molecule has 2 N–H and O–H groups in total. The SMILES string of the molecule is c1ccc(CNCCCCNc2ccc3ncccc3c2)nc1. The maximum atomic E-state index is 4.34. The maximum absolute atomic E-state index is 4.34. The van der Waals surface area contributed by atoms with Crippen LogP contribution in [-0.2, 0) is 6.54 Å². The number of rotatable bonds is 8. The van der Waals surface area contributed by atoms with E-state index in [0.29, 0.717) is 0 Å². The zero-order chi connectivity index (χ0) is 15.7. The van der Waals surface area contributed by atoms with Crippen molar-refractivity contribution >= 4 is 16.6 Å². The second kappa shape index (κ2) is 8.25. The molecule has 2 aromatic heterocycles. The molecule has 0 aliphatic heterocycles. The van der Waals surface area contributed by atoms with E-state index in [1.165, 1.54) is 5.39 Å². The lowest BCUT2D eigenvalue weighted by atomic mass is 10.2. The van der Waals surface area contributed by atoms with Gasteiger partial charge in [0.05, 0.1) is 11.2 Å². The molecule has 1 aromatic carbocycles. The van der Waals surface area contributed by atoms with Crippen LogP contribution in [0.2, 0.25) is 0 Å². The summed E-state index contributed by atoms with van der Waals surface area (Å²) in [6, 6.07) is 16.4. The molecule has 23 heavy (non-hydrogen) atoms. The highest BCUT2D eigenvalue weighted by molar-refractivity contribution is 5.82. The molecule has 118 valence electrons. The monoisotopic (exact) mass is 306 g/mol. The summed E-state index contributed by atoms with van der Waals surface area (Å²) in [6.45, 7) is 2.84. The van der Waals surface area contributed by atoms with Gasteiger partial charge in [0.1, 0.15) is 0 Å².